The van der Waals surface area contributed by atoms with Crippen LogP contribution < -0.4 is 0 Å². The van der Waals surface area contributed by atoms with Crippen molar-refractivity contribution in [1.29, 1.82) is 0 Å². The molecule has 0 saturated heterocycles. The maximum Gasteiger partial charge on any atom is 0.0236 e. The molecule has 1 aromatic carbocycles. The molecular weight excluding hydrogens is 274 g/mol. The fraction of sp³-hybridized carbons (Fsp3) is 0.600. The topological polar surface area (TPSA) is 3.24 Å². The first-order chi connectivity index (χ1) is 8.13. The molecule has 0 unspecified atom stereocenters. The Balaban J connectivity index is 2.51. The van der Waals surface area contributed by atoms with Gasteiger partial charge in [-0.15, -0.1) is 0 Å². The van der Waals surface area contributed by atoms with Gasteiger partial charge in [0.2, 0.25) is 0 Å². The van der Waals surface area contributed by atoms with Gasteiger partial charge < -0.3 is 0 Å². The lowest BCUT2D eigenvalue weighted by molar-refractivity contribution is 0.208. The van der Waals surface area contributed by atoms with E-state index in [1.54, 1.807) is 0 Å². The number of unbranched alkanes of at least 4 members (excludes halogenated alkanes) is 2. The van der Waals surface area contributed by atoms with Crippen LogP contribution in [0.2, 0.25) is 0 Å². The molecule has 0 aliphatic rings. The summed E-state index contributed by atoms with van der Waals surface area (Å²) < 4.78 is 1.16. The lowest BCUT2D eigenvalue weighted by atomic mass is 10.1. The Labute approximate surface area is 114 Å². The van der Waals surface area contributed by atoms with Crippen LogP contribution >= 0.6 is 15.9 Å². The summed E-state index contributed by atoms with van der Waals surface area (Å²) in [6.45, 7) is 9.10. The van der Waals surface area contributed by atoms with E-state index in [0.29, 0.717) is 6.04 Å². The molecule has 17 heavy (non-hydrogen) atoms. The Bertz CT molecular complexity index is 305. The maximum absolute atomic E-state index is 3.48. The minimum Gasteiger partial charge on any atom is -0.297 e. The third kappa shape index (κ3) is 5.69. The van der Waals surface area contributed by atoms with E-state index in [1.165, 1.54) is 31.4 Å². The Hall–Kier alpha value is -0.340. The largest absolute Gasteiger partial charge is 0.297 e. The van der Waals surface area contributed by atoms with E-state index < -0.39 is 0 Å². The molecule has 2 heteroatoms. The lowest BCUT2D eigenvalue weighted by Gasteiger charge is -2.26. The van der Waals surface area contributed by atoms with E-state index in [2.05, 4.69) is 65.9 Å². The molecule has 96 valence electrons. The van der Waals surface area contributed by atoms with Crippen LogP contribution in [-0.2, 0) is 6.54 Å². The smallest absolute Gasteiger partial charge is 0.0236 e. The first-order valence-electron chi connectivity index (χ1n) is 6.62. The van der Waals surface area contributed by atoms with Gasteiger partial charge in [0, 0.05) is 17.1 Å². The fourth-order valence-electron chi connectivity index (χ4n) is 1.91. The van der Waals surface area contributed by atoms with Gasteiger partial charge in [0.15, 0.2) is 0 Å². The third-order valence-corrected chi connectivity index (χ3v) is 3.61. The average molecular weight is 298 g/mol. The molecule has 0 aliphatic carbocycles. The van der Waals surface area contributed by atoms with Crippen LogP contribution in [0.1, 0.15) is 45.6 Å². The van der Waals surface area contributed by atoms with E-state index in [1.807, 2.05) is 0 Å². The molecule has 0 fully saturated rings. The molecule has 0 amide bonds. The average Bonchev–Trinajstić information content (AvgIpc) is 2.30. The van der Waals surface area contributed by atoms with Gasteiger partial charge in [-0.1, -0.05) is 47.8 Å². The monoisotopic (exact) mass is 297 g/mol. The van der Waals surface area contributed by atoms with E-state index in [-0.39, 0.29) is 0 Å². The fourth-order valence-corrected chi connectivity index (χ4v) is 2.17. The van der Waals surface area contributed by atoms with Crippen molar-refractivity contribution in [3.05, 3.63) is 34.3 Å². The minimum atomic E-state index is 0.621. The van der Waals surface area contributed by atoms with Crippen molar-refractivity contribution in [2.75, 3.05) is 6.54 Å². The lowest BCUT2D eigenvalue weighted by Crippen LogP contribution is -2.31. The quantitative estimate of drug-likeness (QED) is 0.650. The first kappa shape index (κ1) is 14.7. The Morgan fingerprint density at radius 3 is 2.29 bits per heavy atom. The molecule has 0 radical (unpaired) electrons. The summed E-state index contributed by atoms with van der Waals surface area (Å²) in [6, 6.07) is 9.29. The van der Waals surface area contributed by atoms with Gasteiger partial charge in [-0.2, -0.15) is 0 Å². The molecule has 1 aromatic rings. The Kier molecular flexibility index (Phi) is 6.83. The van der Waals surface area contributed by atoms with Gasteiger partial charge in [0.1, 0.15) is 0 Å². The summed E-state index contributed by atoms with van der Waals surface area (Å²) in [5.74, 6) is 0. The highest BCUT2D eigenvalue weighted by Gasteiger charge is 2.09. The second kappa shape index (κ2) is 7.88. The summed E-state index contributed by atoms with van der Waals surface area (Å²) in [5, 5.41) is 0. The van der Waals surface area contributed by atoms with Crippen LogP contribution in [0.25, 0.3) is 0 Å². The second-order valence-electron chi connectivity index (χ2n) is 4.90. The van der Waals surface area contributed by atoms with Gasteiger partial charge in [-0.05, 0) is 44.5 Å². The molecule has 0 spiro atoms. The number of hydrogen-bond acceptors (Lipinski definition) is 1. The molecule has 0 heterocycles. The van der Waals surface area contributed by atoms with Crippen LogP contribution in [0.15, 0.2) is 28.7 Å². The highest BCUT2D eigenvalue weighted by Crippen LogP contribution is 2.14. The van der Waals surface area contributed by atoms with Crippen molar-refractivity contribution >= 4 is 15.9 Å². The predicted molar refractivity (Wildman–Crippen MR) is 79.2 cm³/mol. The van der Waals surface area contributed by atoms with Gasteiger partial charge in [0.05, 0.1) is 0 Å². The Morgan fingerprint density at radius 2 is 1.76 bits per heavy atom. The van der Waals surface area contributed by atoms with Gasteiger partial charge >= 0.3 is 0 Å². The van der Waals surface area contributed by atoms with Crippen molar-refractivity contribution in [2.45, 2.75) is 52.6 Å². The Morgan fingerprint density at radius 1 is 1.12 bits per heavy atom. The van der Waals surface area contributed by atoms with Crippen molar-refractivity contribution < 1.29 is 0 Å². The summed E-state index contributed by atoms with van der Waals surface area (Å²) in [5.41, 5.74) is 1.40. The van der Waals surface area contributed by atoms with E-state index in [9.17, 15) is 0 Å². The van der Waals surface area contributed by atoms with Crippen LogP contribution in [0.5, 0.6) is 0 Å². The molecule has 0 bridgehead atoms. The van der Waals surface area contributed by atoms with Crippen LogP contribution in [0.4, 0.5) is 0 Å². The normalized spacial score (nSPS) is 11.4. The third-order valence-electron chi connectivity index (χ3n) is 3.08. The molecular formula is C15H24BrN. The molecule has 1 nitrogen and oxygen atoms in total. The molecule has 0 aliphatic heterocycles. The number of halogens is 1. The van der Waals surface area contributed by atoms with Gasteiger partial charge in [-0.3, -0.25) is 4.90 Å². The maximum atomic E-state index is 3.48. The highest BCUT2D eigenvalue weighted by atomic mass is 79.9. The zero-order valence-corrected chi connectivity index (χ0v) is 12.8. The van der Waals surface area contributed by atoms with Gasteiger partial charge in [0.25, 0.3) is 0 Å². The van der Waals surface area contributed by atoms with E-state index >= 15 is 0 Å². The molecule has 1 rings (SSSR count). The van der Waals surface area contributed by atoms with Crippen molar-refractivity contribution in [3.63, 3.8) is 0 Å². The predicted octanol–water partition coefficient (Wildman–Crippen LogP) is 4.85. The summed E-state index contributed by atoms with van der Waals surface area (Å²) in [6.07, 6.45) is 3.94. The second-order valence-corrected chi connectivity index (χ2v) is 5.81. The van der Waals surface area contributed by atoms with Crippen LogP contribution in [0, 0.1) is 0 Å². The number of hydrogen-bond donors (Lipinski definition) is 0. The SMILES string of the molecule is CCCCCN(Cc1ccc(Br)cc1)C(C)C. The number of rotatable bonds is 7. The standard InChI is InChI=1S/C15H24BrN/c1-4-5-6-11-17(13(2)3)12-14-7-9-15(16)10-8-14/h7-10,13H,4-6,11-12H2,1-3H3. The number of benzene rings is 1. The van der Waals surface area contributed by atoms with E-state index in [0.717, 1.165) is 11.0 Å². The molecule has 0 aromatic heterocycles. The summed E-state index contributed by atoms with van der Waals surface area (Å²) >= 11 is 3.48. The van der Waals surface area contributed by atoms with Crippen LogP contribution in [-0.4, -0.2) is 17.5 Å². The zero-order chi connectivity index (χ0) is 12.7. The van der Waals surface area contributed by atoms with E-state index in [4.69, 9.17) is 0 Å². The highest BCUT2D eigenvalue weighted by molar-refractivity contribution is 9.10. The summed E-state index contributed by atoms with van der Waals surface area (Å²) in [7, 11) is 0. The van der Waals surface area contributed by atoms with Crippen molar-refractivity contribution in [1.82, 2.24) is 4.90 Å². The minimum absolute atomic E-state index is 0.621. The van der Waals surface area contributed by atoms with Crippen LogP contribution in [0.3, 0.4) is 0 Å². The molecule has 0 saturated carbocycles. The number of nitrogens with zero attached hydrogens (tertiary/aromatic N) is 1. The molecule has 0 atom stereocenters. The van der Waals surface area contributed by atoms with Gasteiger partial charge in [-0.25, -0.2) is 0 Å². The summed E-state index contributed by atoms with van der Waals surface area (Å²) in [4.78, 5) is 2.55. The first-order valence-corrected chi connectivity index (χ1v) is 7.41. The zero-order valence-electron chi connectivity index (χ0n) is 11.2. The van der Waals surface area contributed by atoms with Crippen molar-refractivity contribution in [2.24, 2.45) is 0 Å². The molecule has 0 N–H and O–H groups in total. The van der Waals surface area contributed by atoms with Crippen molar-refractivity contribution in [3.8, 4) is 0 Å².